The number of rotatable bonds is 6. The first-order chi connectivity index (χ1) is 9.95. The Morgan fingerprint density at radius 3 is 2.95 bits per heavy atom. The summed E-state index contributed by atoms with van der Waals surface area (Å²) in [6.45, 7) is 5.35. The van der Waals surface area contributed by atoms with E-state index in [0.717, 1.165) is 0 Å². The van der Waals surface area contributed by atoms with Crippen LogP contribution in [0, 0.1) is 0 Å². The van der Waals surface area contributed by atoms with Crippen LogP contribution >= 0.6 is 23.5 Å². The highest BCUT2D eigenvalue weighted by Crippen LogP contribution is 2.40. The number of hydrogen-bond donors (Lipinski definition) is 2. The van der Waals surface area contributed by atoms with E-state index in [1.807, 2.05) is 0 Å². The minimum absolute atomic E-state index is 0.193. The number of aliphatic carboxylic acids is 1. The number of carboxylic acid groups (broad SMARTS) is 1. The second-order valence-corrected chi connectivity index (χ2v) is 7.15. The third-order valence-electron chi connectivity index (χ3n) is 3.17. The highest BCUT2D eigenvalue weighted by atomic mass is 32.2. The maximum absolute atomic E-state index is 12.0. The lowest BCUT2D eigenvalue weighted by molar-refractivity contribution is -0.144. The molecule has 6 nitrogen and oxygen atoms in total. The number of hydrogen-bond acceptors (Lipinski definition) is 5. The van der Waals surface area contributed by atoms with Gasteiger partial charge in [0.05, 0.1) is 11.3 Å². The zero-order chi connectivity index (χ0) is 15.6. The van der Waals surface area contributed by atoms with Crippen LogP contribution < -0.4 is 5.32 Å². The molecule has 0 aromatic rings. The van der Waals surface area contributed by atoms with Gasteiger partial charge in [-0.3, -0.25) is 9.59 Å². The molecule has 0 bridgehead atoms. The molecule has 0 spiro atoms. The zero-order valence-corrected chi connectivity index (χ0v) is 13.1. The normalized spacial score (nSPS) is 27.3. The van der Waals surface area contributed by atoms with Gasteiger partial charge in [-0.2, -0.15) is 0 Å². The molecule has 3 atom stereocenters. The highest BCUT2D eigenvalue weighted by molar-refractivity contribution is 8.01. The number of carbonyl (C=O) groups is 3. The molecule has 0 aromatic carbocycles. The van der Waals surface area contributed by atoms with Gasteiger partial charge in [-0.1, -0.05) is 6.08 Å². The lowest BCUT2D eigenvalue weighted by Gasteiger charge is -2.48. The van der Waals surface area contributed by atoms with E-state index in [1.165, 1.54) is 34.6 Å². The summed E-state index contributed by atoms with van der Waals surface area (Å²) in [7, 11) is 0. The minimum Gasteiger partial charge on any atom is -0.478 e. The monoisotopic (exact) mass is 328 g/mol. The highest BCUT2D eigenvalue weighted by Gasteiger charge is 2.51. The van der Waals surface area contributed by atoms with Crippen molar-refractivity contribution in [3.8, 4) is 0 Å². The van der Waals surface area contributed by atoms with Crippen molar-refractivity contribution in [2.24, 2.45) is 0 Å². The summed E-state index contributed by atoms with van der Waals surface area (Å²) in [5.41, 5.74) is 0.205. The first kappa shape index (κ1) is 16.0. The molecule has 0 radical (unpaired) electrons. The average Bonchev–Trinajstić information content (AvgIpc) is 2.44. The van der Waals surface area contributed by atoms with E-state index >= 15 is 0 Å². The van der Waals surface area contributed by atoms with Gasteiger partial charge in [0.1, 0.15) is 11.4 Å². The summed E-state index contributed by atoms with van der Waals surface area (Å²) in [6, 6.07) is -0.569. The maximum atomic E-state index is 12.0. The number of fused-ring (bicyclic) bond motifs is 1. The number of nitrogens with zero attached hydrogens (tertiary/aromatic N) is 1. The average molecular weight is 328 g/mol. The molecule has 0 aliphatic carbocycles. The van der Waals surface area contributed by atoms with E-state index < -0.39 is 12.0 Å². The van der Waals surface area contributed by atoms with Crippen molar-refractivity contribution in [3.05, 3.63) is 24.4 Å². The minimum atomic E-state index is -1.02. The first-order valence-electron chi connectivity index (χ1n) is 6.36. The predicted molar refractivity (Wildman–Crippen MR) is 82.9 cm³/mol. The van der Waals surface area contributed by atoms with Crippen molar-refractivity contribution < 1.29 is 19.5 Å². The van der Waals surface area contributed by atoms with Crippen LogP contribution in [0.4, 0.5) is 0 Å². The van der Waals surface area contributed by atoms with Crippen LogP contribution in [0.25, 0.3) is 0 Å². The van der Waals surface area contributed by atoms with Gasteiger partial charge >= 0.3 is 5.97 Å². The van der Waals surface area contributed by atoms with Gasteiger partial charge in [-0.05, 0) is 6.92 Å². The summed E-state index contributed by atoms with van der Waals surface area (Å²) in [6.07, 6.45) is 3.09. The van der Waals surface area contributed by atoms with Gasteiger partial charge in [-0.15, -0.1) is 30.1 Å². The van der Waals surface area contributed by atoms with Crippen LogP contribution in [0.15, 0.2) is 24.4 Å². The third kappa shape index (κ3) is 3.26. The fourth-order valence-corrected chi connectivity index (χ4v) is 4.03. The van der Waals surface area contributed by atoms with E-state index in [4.69, 9.17) is 5.11 Å². The molecule has 2 rings (SSSR count). The summed E-state index contributed by atoms with van der Waals surface area (Å²) >= 11 is 2.79. The van der Waals surface area contributed by atoms with Crippen LogP contribution in [0.2, 0.25) is 0 Å². The molecule has 21 heavy (non-hydrogen) atoms. The van der Waals surface area contributed by atoms with Gasteiger partial charge in [0.25, 0.3) is 5.91 Å². The Hall–Kier alpha value is -1.41. The Balaban J connectivity index is 1.95. The van der Waals surface area contributed by atoms with Crippen molar-refractivity contribution >= 4 is 41.3 Å². The number of nitrogens with one attached hydrogen (secondary N) is 1. The van der Waals surface area contributed by atoms with E-state index in [9.17, 15) is 14.4 Å². The summed E-state index contributed by atoms with van der Waals surface area (Å²) in [5.74, 6) is -0.521. The largest absolute Gasteiger partial charge is 0.478 e. The van der Waals surface area contributed by atoms with E-state index in [1.54, 1.807) is 13.0 Å². The molecule has 2 heterocycles. The Kier molecular flexibility index (Phi) is 5.00. The summed E-state index contributed by atoms with van der Waals surface area (Å²) < 4.78 is 0. The van der Waals surface area contributed by atoms with Crippen LogP contribution in [0.3, 0.4) is 0 Å². The van der Waals surface area contributed by atoms with Gasteiger partial charge in [0.2, 0.25) is 5.91 Å². The Morgan fingerprint density at radius 2 is 2.33 bits per heavy atom. The molecular weight excluding hydrogens is 312 g/mol. The quantitative estimate of drug-likeness (QED) is 0.423. The van der Waals surface area contributed by atoms with Crippen molar-refractivity contribution in [2.45, 2.75) is 23.6 Å². The number of β-lactam (4-membered cyclic amide) rings is 1. The lowest BCUT2D eigenvalue weighted by Crippen LogP contribution is -2.69. The smallest absolute Gasteiger partial charge is 0.334 e. The van der Waals surface area contributed by atoms with Crippen LogP contribution in [0.1, 0.15) is 6.92 Å². The van der Waals surface area contributed by atoms with Crippen molar-refractivity contribution in [1.82, 2.24) is 10.2 Å². The molecule has 8 heteroatoms. The fourth-order valence-electron chi connectivity index (χ4n) is 2.12. The predicted octanol–water partition coefficient (Wildman–Crippen LogP) is 0.662. The zero-order valence-electron chi connectivity index (χ0n) is 11.4. The maximum Gasteiger partial charge on any atom is 0.334 e. The Morgan fingerprint density at radius 1 is 1.62 bits per heavy atom. The van der Waals surface area contributed by atoms with Gasteiger partial charge in [-0.25, -0.2) is 4.79 Å². The fraction of sp³-hybridized carbons (Fsp3) is 0.462. The molecule has 2 aliphatic rings. The molecule has 0 aromatic heterocycles. The third-order valence-corrected chi connectivity index (χ3v) is 5.55. The number of thioether (sulfide) groups is 2. The molecule has 2 amide bonds. The summed E-state index contributed by atoms with van der Waals surface area (Å²) in [5, 5.41) is 11.3. The summed E-state index contributed by atoms with van der Waals surface area (Å²) in [4.78, 5) is 36.2. The Bertz CT molecular complexity index is 520. The molecule has 0 saturated carbocycles. The molecule has 2 N–H and O–H groups in total. The van der Waals surface area contributed by atoms with E-state index in [-0.39, 0.29) is 33.8 Å². The van der Waals surface area contributed by atoms with Crippen LogP contribution in [0.5, 0.6) is 0 Å². The molecule has 114 valence electrons. The van der Waals surface area contributed by atoms with Crippen molar-refractivity contribution in [3.63, 3.8) is 0 Å². The van der Waals surface area contributed by atoms with E-state index in [2.05, 4.69) is 11.9 Å². The number of carboxylic acids is 1. The standard InChI is InChI=1S/C13H16N2O4S2/c1-3-4-20-6-9(16)14-10-11(17)15-5-8(13(18)19)7(2)21-12(10)15/h3,5,7,10,12H,1,4,6H2,2H3,(H,14,16)(H,18,19)/t7?,10?,12-/m1/s1. The van der Waals surface area contributed by atoms with Crippen LogP contribution in [-0.4, -0.2) is 56.0 Å². The lowest BCUT2D eigenvalue weighted by atomic mass is 10.1. The van der Waals surface area contributed by atoms with Gasteiger partial charge in [0.15, 0.2) is 0 Å². The molecule has 1 fully saturated rings. The SMILES string of the molecule is C=CCSCC(=O)NC1C(=O)N2C=C(C(=O)O)C(C)S[C@H]12. The van der Waals surface area contributed by atoms with E-state index in [0.29, 0.717) is 5.75 Å². The van der Waals surface area contributed by atoms with Crippen LogP contribution in [-0.2, 0) is 14.4 Å². The first-order valence-corrected chi connectivity index (χ1v) is 8.46. The van der Waals surface area contributed by atoms with Crippen molar-refractivity contribution in [2.75, 3.05) is 11.5 Å². The van der Waals surface area contributed by atoms with Gasteiger partial charge in [0, 0.05) is 17.2 Å². The second kappa shape index (κ2) is 6.57. The number of carbonyl (C=O) groups excluding carboxylic acids is 2. The molecule has 2 unspecified atom stereocenters. The number of amides is 2. The molecule has 2 aliphatic heterocycles. The Labute approximate surface area is 131 Å². The molecular formula is C13H16N2O4S2. The molecule has 1 saturated heterocycles. The van der Waals surface area contributed by atoms with Gasteiger partial charge < -0.3 is 15.3 Å². The second-order valence-electron chi connectivity index (χ2n) is 4.65. The topological polar surface area (TPSA) is 86.7 Å². The van der Waals surface area contributed by atoms with Crippen molar-refractivity contribution in [1.29, 1.82) is 0 Å².